The van der Waals surface area contributed by atoms with Crippen LogP contribution in [0.15, 0.2) is 53.5 Å². The van der Waals surface area contributed by atoms with Gasteiger partial charge in [0.1, 0.15) is 5.75 Å². The standard InChI is InChI=1S/C23H31N3O4/c1-24-22(26-16-23(11-13-27)12-14-29-17-23)25-15-18-7-9-19(10-8-18)30-21-6-4-3-5-20(21)28-2/h3-10,27H,11-17H2,1-2H3,(H2,24,25,26). The first kappa shape index (κ1) is 21.9. The second-order valence-electron chi connectivity index (χ2n) is 7.45. The molecule has 7 heteroatoms. The number of aliphatic hydroxyl groups excluding tert-OH is 1. The van der Waals surface area contributed by atoms with Crippen LogP contribution in [-0.4, -0.2) is 51.6 Å². The molecule has 0 aliphatic carbocycles. The highest BCUT2D eigenvalue weighted by molar-refractivity contribution is 5.79. The van der Waals surface area contributed by atoms with Crippen LogP contribution in [0.25, 0.3) is 0 Å². The summed E-state index contributed by atoms with van der Waals surface area (Å²) in [5, 5.41) is 16.1. The molecule has 1 unspecified atom stereocenters. The van der Waals surface area contributed by atoms with E-state index in [-0.39, 0.29) is 12.0 Å². The average molecular weight is 414 g/mol. The predicted molar refractivity (Wildman–Crippen MR) is 117 cm³/mol. The van der Waals surface area contributed by atoms with E-state index in [4.69, 9.17) is 14.2 Å². The lowest BCUT2D eigenvalue weighted by molar-refractivity contribution is 0.127. The molecule has 7 nitrogen and oxygen atoms in total. The van der Waals surface area contributed by atoms with Crippen LogP contribution < -0.4 is 20.1 Å². The summed E-state index contributed by atoms with van der Waals surface area (Å²) in [6.45, 7) is 2.94. The van der Waals surface area contributed by atoms with Crippen molar-refractivity contribution in [1.82, 2.24) is 10.6 Å². The van der Waals surface area contributed by atoms with Crippen LogP contribution in [0.4, 0.5) is 0 Å². The third-order valence-electron chi connectivity index (χ3n) is 5.36. The summed E-state index contributed by atoms with van der Waals surface area (Å²) in [7, 11) is 3.38. The molecule has 0 radical (unpaired) electrons. The smallest absolute Gasteiger partial charge is 0.191 e. The van der Waals surface area contributed by atoms with Crippen molar-refractivity contribution in [2.45, 2.75) is 19.4 Å². The molecule has 0 spiro atoms. The zero-order valence-corrected chi connectivity index (χ0v) is 17.7. The van der Waals surface area contributed by atoms with E-state index < -0.39 is 0 Å². The van der Waals surface area contributed by atoms with Crippen LogP contribution in [0.3, 0.4) is 0 Å². The summed E-state index contributed by atoms with van der Waals surface area (Å²) >= 11 is 0. The fourth-order valence-corrected chi connectivity index (χ4v) is 3.49. The van der Waals surface area contributed by atoms with Crippen molar-refractivity contribution in [3.63, 3.8) is 0 Å². The van der Waals surface area contributed by atoms with Gasteiger partial charge in [0.2, 0.25) is 0 Å². The maximum atomic E-state index is 9.36. The topological polar surface area (TPSA) is 84.3 Å². The molecule has 1 saturated heterocycles. The molecule has 1 heterocycles. The van der Waals surface area contributed by atoms with E-state index in [9.17, 15) is 5.11 Å². The maximum absolute atomic E-state index is 9.36. The zero-order chi connectivity index (χ0) is 21.2. The normalized spacial score (nSPS) is 18.8. The van der Waals surface area contributed by atoms with Crippen molar-refractivity contribution in [3.8, 4) is 17.2 Å². The molecule has 1 aliphatic heterocycles. The van der Waals surface area contributed by atoms with Gasteiger partial charge in [0, 0.05) is 38.8 Å². The summed E-state index contributed by atoms with van der Waals surface area (Å²) in [6, 6.07) is 15.5. The first-order chi connectivity index (χ1) is 14.7. The van der Waals surface area contributed by atoms with Crippen molar-refractivity contribution in [1.29, 1.82) is 0 Å². The summed E-state index contributed by atoms with van der Waals surface area (Å²) in [6.07, 6.45) is 1.68. The third kappa shape index (κ3) is 5.87. The van der Waals surface area contributed by atoms with Gasteiger partial charge in [-0.2, -0.15) is 0 Å². The molecular formula is C23H31N3O4. The minimum Gasteiger partial charge on any atom is -0.493 e. The van der Waals surface area contributed by atoms with E-state index in [0.717, 1.165) is 43.3 Å². The van der Waals surface area contributed by atoms with Gasteiger partial charge in [-0.15, -0.1) is 0 Å². The fraction of sp³-hybridized carbons (Fsp3) is 0.435. The van der Waals surface area contributed by atoms with Crippen LogP contribution >= 0.6 is 0 Å². The molecule has 30 heavy (non-hydrogen) atoms. The minimum absolute atomic E-state index is 0.0240. The second-order valence-corrected chi connectivity index (χ2v) is 7.45. The number of nitrogens with zero attached hydrogens (tertiary/aromatic N) is 1. The fourth-order valence-electron chi connectivity index (χ4n) is 3.49. The molecule has 0 bridgehead atoms. The Bertz CT molecular complexity index is 817. The number of hydrogen-bond donors (Lipinski definition) is 3. The first-order valence-electron chi connectivity index (χ1n) is 10.2. The number of rotatable bonds is 9. The lowest BCUT2D eigenvalue weighted by Gasteiger charge is -2.27. The quantitative estimate of drug-likeness (QED) is 0.433. The molecule has 3 rings (SSSR count). The molecular weight excluding hydrogens is 382 g/mol. The van der Waals surface area contributed by atoms with Crippen molar-refractivity contribution < 1.29 is 19.3 Å². The number of methoxy groups -OCH3 is 1. The number of para-hydroxylation sites is 2. The number of aliphatic hydroxyl groups is 1. The minimum atomic E-state index is -0.0240. The van der Waals surface area contributed by atoms with Gasteiger partial charge in [-0.05, 0) is 42.7 Å². The second kappa shape index (κ2) is 10.8. The lowest BCUT2D eigenvalue weighted by Crippen LogP contribution is -2.44. The van der Waals surface area contributed by atoms with Gasteiger partial charge < -0.3 is 30.0 Å². The molecule has 0 saturated carbocycles. The van der Waals surface area contributed by atoms with Crippen molar-refractivity contribution in [2.75, 3.05) is 40.5 Å². The highest BCUT2D eigenvalue weighted by Crippen LogP contribution is 2.32. The molecule has 1 atom stereocenters. The van der Waals surface area contributed by atoms with Gasteiger partial charge in [-0.1, -0.05) is 24.3 Å². The molecule has 0 aromatic heterocycles. The van der Waals surface area contributed by atoms with Crippen LogP contribution in [-0.2, 0) is 11.3 Å². The summed E-state index contributed by atoms with van der Waals surface area (Å²) < 4.78 is 16.8. The number of hydrogen-bond acceptors (Lipinski definition) is 5. The van der Waals surface area contributed by atoms with Crippen LogP contribution in [0, 0.1) is 5.41 Å². The SMILES string of the molecule is CN=C(NCc1ccc(Oc2ccccc2OC)cc1)NCC1(CCO)CCOC1. The Labute approximate surface area is 178 Å². The molecule has 0 amide bonds. The van der Waals surface area contributed by atoms with Crippen LogP contribution in [0.2, 0.25) is 0 Å². The molecule has 1 fully saturated rings. The largest absolute Gasteiger partial charge is 0.493 e. The van der Waals surface area contributed by atoms with E-state index in [2.05, 4.69) is 15.6 Å². The predicted octanol–water partition coefficient (Wildman–Crippen LogP) is 2.94. The third-order valence-corrected chi connectivity index (χ3v) is 5.36. The van der Waals surface area contributed by atoms with E-state index in [1.165, 1.54) is 0 Å². The zero-order valence-electron chi connectivity index (χ0n) is 17.7. The number of aliphatic imine (C=N–C) groups is 1. The Balaban J connectivity index is 1.51. The first-order valence-corrected chi connectivity index (χ1v) is 10.2. The lowest BCUT2D eigenvalue weighted by atomic mass is 9.84. The molecule has 162 valence electrons. The molecule has 2 aromatic carbocycles. The number of guanidine groups is 1. The maximum Gasteiger partial charge on any atom is 0.191 e. The Hall–Kier alpha value is -2.77. The monoisotopic (exact) mass is 413 g/mol. The summed E-state index contributed by atoms with van der Waals surface area (Å²) in [4.78, 5) is 4.30. The molecule has 1 aliphatic rings. The van der Waals surface area contributed by atoms with E-state index in [1.54, 1.807) is 14.2 Å². The van der Waals surface area contributed by atoms with E-state index in [1.807, 2.05) is 48.5 Å². The van der Waals surface area contributed by atoms with Gasteiger partial charge in [-0.3, -0.25) is 4.99 Å². The Morgan fingerprint density at radius 3 is 2.53 bits per heavy atom. The highest BCUT2D eigenvalue weighted by atomic mass is 16.5. The van der Waals surface area contributed by atoms with Crippen molar-refractivity contribution in [2.24, 2.45) is 10.4 Å². The highest BCUT2D eigenvalue weighted by Gasteiger charge is 2.34. The number of ether oxygens (including phenoxy) is 3. The van der Waals surface area contributed by atoms with E-state index in [0.29, 0.717) is 24.7 Å². The summed E-state index contributed by atoms with van der Waals surface area (Å²) in [5.41, 5.74) is 1.09. The van der Waals surface area contributed by atoms with Gasteiger partial charge in [-0.25, -0.2) is 0 Å². The Morgan fingerprint density at radius 1 is 1.13 bits per heavy atom. The number of benzene rings is 2. The van der Waals surface area contributed by atoms with Gasteiger partial charge in [0.15, 0.2) is 17.5 Å². The van der Waals surface area contributed by atoms with Crippen molar-refractivity contribution >= 4 is 5.96 Å². The molecule has 3 N–H and O–H groups in total. The Morgan fingerprint density at radius 2 is 1.90 bits per heavy atom. The van der Waals surface area contributed by atoms with Gasteiger partial charge in [0.25, 0.3) is 0 Å². The molecule has 2 aromatic rings. The Kier molecular flexibility index (Phi) is 7.93. The van der Waals surface area contributed by atoms with Crippen LogP contribution in [0.5, 0.6) is 17.2 Å². The summed E-state index contributed by atoms with van der Waals surface area (Å²) in [5.74, 6) is 2.86. The number of nitrogens with one attached hydrogen (secondary N) is 2. The van der Waals surface area contributed by atoms with E-state index >= 15 is 0 Å². The van der Waals surface area contributed by atoms with Gasteiger partial charge in [0.05, 0.1) is 13.7 Å². The van der Waals surface area contributed by atoms with Crippen LogP contribution in [0.1, 0.15) is 18.4 Å². The average Bonchev–Trinajstić information content (AvgIpc) is 3.24. The van der Waals surface area contributed by atoms with Gasteiger partial charge >= 0.3 is 0 Å². The van der Waals surface area contributed by atoms with Crippen molar-refractivity contribution in [3.05, 3.63) is 54.1 Å².